The predicted octanol–water partition coefficient (Wildman–Crippen LogP) is 4.31. The van der Waals surface area contributed by atoms with E-state index in [0.717, 1.165) is 18.2 Å². The van der Waals surface area contributed by atoms with E-state index in [9.17, 15) is 46.1 Å². The Morgan fingerprint density at radius 1 is 1.00 bits per heavy atom. The molecule has 4 aromatic rings. The van der Waals surface area contributed by atoms with Gasteiger partial charge in [-0.3, -0.25) is 9.36 Å². The van der Waals surface area contributed by atoms with E-state index >= 15 is 0 Å². The number of hydrogen-bond donors (Lipinski definition) is 3. The topological polar surface area (TPSA) is 122 Å². The number of pyridine rings is 1. The number of alkyl halides is 6. The van der Waals surface area contributed by atoms with Crippen LogP contribution < -0.4 is 11.0 Å². The molecule has 0 saturated heterocycles. The Morgan fingerprint density at radius 3 is 2.29 bits per heavy atom. The summed E-state index contributed by atoms with van der Waals surface area (Å²) in [5.41, 5.74) is -2.16. The highest BCUT2D eigenvalue weighted by Crippen LogP contribution is 2.32. The fourth-order valence-electron chi connectivity index (χ4n) is 3.96. The minimum atomic E-state index is -5.07. The molecule has 2 aromatic heterocycles. The molecule has 222 valence electrons. The third-order valence-electron chi connectivity index (χ3n) is 5.96. The molecule has 1 unspecified atom stereocenters. The maximum atomic E-state index is 13.4. The summed E-state index contributed by atoms with van der Waals surface area (Å²) in [5.74, 6) is -1.77. The lowest BCUT2D eigenvalue weighted by atomic mass is 10.00. The second-order valence-electron chi connectivity index (χ2n) is 8.98. The number of carbonyl (C=O) groups excluding carboxylic acids is 1. The lowest BCUT2D eigenvalue weighted by Gasteiger charge is -2.20. The van der Waals surface area contributed by atoms with Gasteiger partial charge in [0.25, 0.3) is 0 Å². The van der Waals surface area contributed by atoms with E-state index in [0.29, 0.717) is 9.25 Å². The quantitative estimate of drug-likeness (QED) is 0.254. The standard InChI is InChI=1S/C26H20ClF6N5O4/c27-17-9-7-14(8-10-17)23-36-38(24(42)37(23)12-19(39)26(31,32)33)13-21(41)35-22(18-5-2-6-20(40)34-18)15-3-1-4-16(11-15)25(28,29)30/h1-11,19,22,39H,12-13H2,(H,34,40)(H,35,41)/t19-,22?/m0/s1. The zero-order valence-electron chi connectivity index (χ0n) is 21.1. The van der Waals surface area contributed by atoms with Crippen LogP contribution in [-0.4, -0.2) is 47.7 Å². The van der Waals surface area contributed by atoms with Crippen molar-refractivity contribution in [2.45, 2.75) is 37.6 Å². The minimum Gasteiger partial charge on any atom is -0.493 e. The Morgan fingerprint density at radius 2 is 1.67 bits per heavy atom. The van der Waals surface area contributed by atoms with Gasteiger partial charge in [-0.05, 0) is 48.0 Å². The molecular weight excluding hydrogens is 596 g/mol. The van der Waals surface area contributed by atoms with Gasteiger partial charge in [0.05, 0.1) is 23.8 Å². The highest BCUT2D eigenvalue weighted by atomic mass is 35.5. The second-order valence-corrected chi connectivity index (χ2v) is 9.42. The molecule has 16 heteroatoms. The van der Waals surface area contributed by atoms with Crippen LogP contribution in [0.25, 0.3) is 11.4 Å². The molecule has 2 heterocycles. The molecular formula is C26H20ClF6N5O4. The largest absolute Gasteiger partial charge is 0.493 e. The van der Waals surface area contributed by atoms with Crippen molar-refractivity contribution < 1.29 is 41.4 Å². The Balaban J connectivity index is 1.70. The van der Waals surface area contributed by atoms with Crippen molar-refractivity contribution in [3.8, 4) is 17.3 Å². The maximum Gasteiger partial charge on any atom is 0.416 e. The molecule has 0 aliphatic rings. The second kappa shape index (κ2) is 11.9. The van der Waals surface area contributed by atoms with Crippen molar-refractivity contribution in [3.05, 3.63) is 99.1 Å². The molecule has 2 atom stereocenters. The first-order chi connectivity index (χ1) is 19.6. The summed E-state index contributed by atoms with van der Waals surface area (Å²) in [7, 11) is 0. The fraction of sp³-hybridized carbons (Fsp3) is 0.231. The van der Waals surface area contributed by atoms with E-state index in [4.69, 9.17) is 11.6 Å². The molecule has 0 bridgehead atoms. The first-order valence-electron chi connectivity index (χ1n) is 11.9. The number of rotatable bonds is 8. The van der Waals surface area contributed by atoms with E-state index in [1.54, 1.807) is 0 Å². The molecule has 0 radical (unpaired) electrons. The predicted molar refractivity (Wildman–Crippen MR) is 136 cm³/mol. The number of halogens is 7. The third-order valence-corrected chi connectivity index (χ3v) is 6.21. The molecule has 3 N–H and O–H groups in total. The van der Waals surface area contributed by atoms with Crippen LogP contribution in [0.3, 0.4) is 0 Å². The Bertz CT molecular complexity index is 1640. The number of nitrogens with zero attached hydrogens (tertiary/aromatic N) is 4. The third kappa shape index (κ3) is 7.09. The molecule has 42 heavy (non-hydrogen) atoms. The van der Waals surface area contributed by atoms with Crippen LogP contribution in [0.15, 0.2) is 71.5 Å². The van der Waals surface area contributed by atoms with E-state index in [-0.39, 0.29) is 27.7 Å². The number of amides is 1. The molecule has 1 amide bonds. The summed E-state index contributed by atoms with van der Waals surface area (Å²) in [6, 6.07) is 12.0. The average Bonchev–Trinajstić information content (AvgIpc) is 3.21. The van der Waals surface area contributed by atoms with E-state index in [1.165, 1.54) is 48.5 Å². The van der Waals surface area contributed by atoms with Gasteiger partial charge in [-0.2, -0.15) is 26.3 Å². The summed E-state index contributed by atoms with van der Waals surface area (Å²) in [6.45, 7) is -2.11. The zero-order chi connectivity index (χ0) is 30.8. The molecule has 2 aromatic carbocycles. The normalized spacial score (nSPS) is 13.5. The van der Waals surface area contributed by atoms with Gasteiger partial charge in [0.1, 0.15) is 6.54 Å². The average molecular weight is 616 g/mol. The summed E-state index contributed by atoms with van der Waals surface area (Å²) in [4.78, 5) is 30.0. The first-order valence-corrected chi connectivity index (χ1v) is 12.3. The van der Waals surface area contributed by atoms with Crippen molar-refractivity contribution in [2.75, 3.05) is 0 Å². The lowest BCUT2D eigenvalue weighted by molar-refractivity contribution is -0.207. The summed E-state index contributed by atoms with van der Waals surface area (Å²) in [6.07, 6.45) is -12.7. The van der Waals surface area contributed by atoms with E-state index in [2.05, 4.69) is 15.4 Å². The van der Waals surface area contributed by atoms with Gasteiger partial charge in [-0.15, -0.1) is 5.10 Å². The maximum absolute atomic E-state index is 13.4. The van der Waals surface area contributed by atoms with Gasteiger partial charge in [0, 0.05) is 16.7 Å². The van der Waals surface area contributed by atoms with Gasteiger partial charge in [-0.25, -0.2) is 14.5 Å². The highest BCUT2D eigenvalue weighted by molar-refractivity contribution is 6.30. The van der Waals surface area contributed by atoms with Crippen LogP contribution in [0.2, 0.25) is 5.02 Å². The first kappa shape index (κ1) is 30.6. The van der Waals surface area contributed by atoms with Crippen molar-refractivity contribution in [2.24, 2.45) is 0 Å². The van der Waals surface area contributed by atoms with Gasteiger partial charge < -0.3 is 15.5 Å². The van der Waals surface area contributed by atoms with Crippen molar-refractivity contribution in [1.82, 2.24) is 24.6 Å². The van der Waals surface area contributed by atoms with Crippen molar-refractivity contribution in [1.29, 1.82) is 0 Å². The van der Waals surface area contributed by atoms with Crippen LogP contribution in [0.5, 0.6) is 5.88 Å². The van der Waals surface area contributed by atoms with Gasteiger partial charge >= 0.3 is 18.0 Å². The summed E-state index contributed by atoms with van der Waals surface area (Å²) < 4.78 is 80.5. The minimum absolute atomic E-state index is 0.0456. The number of aliphatic hydroxyl groups excluding tert-OH is 1. The number of nitrogens with one attached hydrogen (secondary N) is 1. The van der Waals surface area contributed by atoms with E-state index < -0.39 is 60.6 Å². The number of aromatic nitrogens is 4. The Kier molecular flexibility index (Phi) is 8.63. The number of hydrogen-bond acceptors (Lipinski definition) is 6. The van der Waals surface area contributed by atoms with Gasteiger partial charge in [0.2, 0.25) is 11.8 Å². The summed E-state index contributed by atoms with van der Waals surface area (Å²) in [5, 5.41) is 26.1. The molecule has 0 aliphatic heterocycles. The molecule has 0 aliphatic carbocycles. The van der Waals surface area contributed by atoms with Crippen molar-refractivity contribution in [3.63, 3.8) is 0 Å². The molecule has 0 fully saturated rings. The van der Waals surface area contributed by atoms with Crippen LogP contribution in [0.1, 0.15) is 22.9 Å². The monoisotopic (exact) mass is 615 g/mol. The lowest BCUT2D eigenvalue weighted by Crippen LogP contribution is -2.39. The SMILES string of the molecule is O=C(Cn1nc(-c2ccc(Cl)cc2)n(C[C@H](O)C(F)(F)F)c1=O)NC(c1cccc(C(F)(F)F)c1)c1cccc(O)n1. The fourth-order valence-corrected chi connectivity index (χ4v) is 4.09. The smallest absolute Gasteiger partial charge is 0.416 e. The Hall–Kier alpha value is -4.37. The van der Waals surface area contributed by atoms with E-state index in [1.807, 2.05) is 0 Å². The van der Waals surface area contributed by atoms with Crippen LogP contribution in [0.4, 0.5) is 26.3 Å². The van der Waals surface area contributed by atoms with Crippen LogP contribution in [0, 0.1) is 0 Å². The number of aromatic hydroxyl groups is 1. The summed E-state index contributed by atoms with van der Waals surface area (Å²) >= 11 is 5.86. The molecule has 0 spiro atoms. The number of aliphatic hydroxyl groups is 1. The number of carbonyl (C=O) groups is 1. The molecule has 4 rings (SSSR count). The van der Waals surface area contributed by atoms with Gasteiger partial charge in [-0.1, -0.05) is 29.8 Å². The van der Waals surface area contributed by atoms with Crippen LogP contribution in [-0.2, 0) is 24.1 Å². The number of benzene rings is 2. The highest BCUT2D eigenvalue weighted by Gasteiger charge is 2.39. The van der Waals surface area contributed by atoms with Crippen LogP contribution >= 0.6 is 11.6 Å². The van der Waals surface area contributed by atoms with Gasteiger partial charge in [0.15, 0.2) is 11.9 Å². The molecule has 9 nitrogen and oxygen atoms in total. The Labute approximate surface area is 237 Å². The van der Waals surface area contributed by atoms with Crippen molar-refractivity contribution >= 4 is 17.5 Å². The molecule has 0 saturated carbocycles. The zero-order valence-corrected chi connectivity index (χ0v) is 21.8.